The van der Waals surface area contributed by atoms with Gasteiger partial charge in [0.15, 0.2) is 6.61 Å². The van der Waals surface area contributed by atoms with Crippen LogP contribution >= 0.6 is 11.6 Å². The molecule has 5 nitrogen and oxygen atoms in total. The van der Waals surface area contributed by atoms with Crippen LogP contribution in [0.2, 0.25) is 5.02 Å². The van der Waals surface area contributed by atoms with E-state index in [2.05, 4.69) is 26.1 Å². The van der Waals surface area contributed by atoms with Crippen molar-refractivity contribution in [2.75, 3.05) is 6.61 Å². The normalized spacial score (nSPS) is 12.9. The SMILES string of the molecule is CC[C@H](C)NC(=O)[C@H](Cc1ccccc1)N(Cc1cccc(Cl)c1)C(=O)COc1ccccc1C(C)(C)C. The van der Waals surface area contributed by atoms with Gasteiger partial charge in [-0.15, -0.1) is 0 Å². The Morgan fingerprint density at radius 3 is 2.26 bits per heavy atom. The highest BCUT2D eigenvalue weighted by Crippen LogP contribution is 2.31. The Morgan fingerprint density at radius 1 is 0.947 bits per heavy atom. The molecule has 0 aromatic heterocycles. The van der Waals surface area contributed by atoms with Gasteiger partial charge in [-0.25, -0.2) is 0 Å². The van der Waals surface area contributed by atoms with Gasteiger partial charge in [0.1, 0.15) is 11.8 Å². The average molecular weight is 535 g/mol. The molecule has 0 saturated heterocycles. The van der Waals surface area contributed by atoms with Crippen LogP contribution in [0.5, 0.6) is 5.75 Å². The number of benzene rings is 3. The largest absolute Gasteiger partial charge is 0.483 e. The summed E-state index contributed by atoms with van der Waals surface area (Å²) < 4.78 is 6.10. The predicted molar refractivity (Wildman–Crippen MR) is 154 cm³/mol. The lowest BCUT2D eigenvalue weighted by atomic mass is 9.86. The van der Waals surface area contributed by atoms with E-state index >= 15 is 0 Å². The van der Waals surface area contributed by atoms with Crippen molar-refractivity contribution in [3.05, 3.63) is 101 Å². The Bertz CT molecular complexity index is 1210. The molecule has 1 N–H and O–H groups in total. The van der Waals surface area contributed by atoms with Crippen LogP contribution in [-0.2, 0) is 28.0 Å². The second kappa shape index (κ2) is 13.5. The maximum absolute atomic E-state index is 13.8. The van der Waals surface area contributed by atoms with Crippen molar-refractivity contribution in [1.29, 1.82) is 0 Å². The molecule has 0 heterocycles. The smallest absolute Gasteiger partial charge is 0.261 e. The van der Waals surface area contributed by atoms with Crippen molar-refractivity contribution >= 4 is 23.4 Å². The summed E-state index contributed by atoms with van der Waals surface area (Å²) >= 11 is 6.26. The lowest BCUT2D eigenvalue weighted by molar-refractivity contribution is -0.143. The van der Waals surface area contributed by atoms with E-state index in [0.717, 1.165) is 23.1 Å². The first-order valence-corrected chi connectivity index (χ1v) is 13.6. The van der Waals surface area contributed by atoms with Crippen molar-refractivity contribution in [2.24, 2.45) is 0 Å². The van der Waals surface area contributed by atoms with Gasteiger partial charge in [0.05, 0.1) is 0 Å². The van der Waals surface area contributed by atoms with Crippen molar-refractivity contribution < 1.29 is 14.3 Å². The number of hydrogen-bond donors (Lipinski definition) is 1. The van der Waals surface area contributed by atoms with Crippen LogP contribution in [0.3, 0.4) is 0 Å². The van der Waals surface area contributed by atoms with Gasteiger partial charge in [-0.3, -0.25) is 9.59 Å². The fourth-order valence-corrected chi connectivity index (χ4v) is 4.47. The average Bonchev–Trinajstić information content (AvgIpc) is 2.89. The van der Waals surface area contributed by atoms with E-state index in [1.54, 1.807) is 11.0 Å². The topological polar surface area (TPSA) is 58.6 Å². The second-order valence-corrected chi connectivity index (χ2v) is 11.1. The lowest BCUT2D eigenvalue weighted by Crippen LogP contribution is -2.53. The van der Waals surface area contributed by atoms with Crippen LogP contribution in [0.4, 0.5) is 0 Å². The summed E-state index contributed by atoms with van der Waals surface area (Å²) in [6.07, 6.45) is 1.17. The van der Waals surface area contributed by atoms with E-state index in [1.807, 2.05) is 86.6 Å². The predicted octanol–water partition coefficient (Wildman–Crippen LogP) is 6.57. The number of hydrogen-bond acceptors (Lipinski definition) is 3. The maximum atomic E-state index is 13.8. The van der Waals surface area contributed by atoms with Crippen LogP contribution in [0.15, 0.2) is 78.9 Å². The summed E-state index contributed by atoms with van der Waals surface area (Å²) in [6, 6.07) is 24.2. The van der Waals surface area contributed by atoms with E-state index in [9.17, 15) is 9.59 Å². The first kappa shape index (κ1) is 29.2. The fraction of sp³-hybridized carbons (Fsp3) is 0.375. The summed E-state index contributed by atoms with van der Waals surface area (Å²) in [5.74, 6) is 0.210. The van der Waals surface area contributed by atoms with Gasteiger partial charge in [-0.05, 0) is 53.6 Å². The molecule has 3 aromatic carbocycles. The van der Waals surface area contributed by atoms with Crippen LogP contribution < -0.4 is 10.1 Å². The number of halogens is 1. The van der Waals surface area contributed by atoms with Crippen LogP contribution in [0.1, 0.15) is 57.7 Å². The van der Waals surface area contributed by atoms with Crippen molar-refractivity contribution in [1.82, 2.24) is 10.2 Å². The summed E-state index contributed by atoms with van der Waals surface area (Å²) in [6.45, 7) is 10.4. The molecule has 2 amide bonds. The number of carbonyl (C=O) groups is 2. The Morgan fingerprint density at radius 2 is 1.61 bits per heavy atom. The zero-order chi connectivity index (χ0) is 27.7. The molecule has 0 unspecified atom stereocenters. The molecule has 3 rings (SSSR count). The van der Waals surface area contributed by atoms with Gasteiger partial charge in [-0.2, -0.15) is 0 Å². The minimum atomic E-state index is -0.723. The molecule has 0 aliphatic rings. The lowest BCUT2D eigenvalue weighted by Gasteiger charge is -2.32. The Balaban J connectivity index is 1.95. The molecule has 202 valence electrons. The molecular formula is C32H39ClN2O3. The van der Waals surface area contributed by atoms with Gasteiger partial charge in [0.25, 0.3) is 5.91 Å². The van der Waals surface area contributed by atoms with E-state index in [4.69, 9.17) is 16.3 Å². The monoisotopic (exact) mass is 534 g/mol. The molecule has 0 aliphatic carbocycles. The minimum Gasteiger partial charge on any atom is -0.483 e. The number of nitrogens with zero attached hydrogens (tertiary/aromatic N) is 1. The summed E-state index contributed by atoms with van der Waals surface area (Å²) in [5, 5.41) is 3.66. The zero-order valence-electron chi connectivity index (χ0n) is 23.0. The Labute approximate surface area is 232 Å². The molecule has 0 fully saturated rings. The molecule has 0 radical (unpaired) electrons. The molecule has 2 atom stereocenters. The van der Waals surface area contributed by atoms with Crippen molar-refractivity contribution in [3.63, 3.8) is 0 Å². The second-order valence-electron chi connectivity index (χ2n) is 10.7. The standard InChI is InChI=1S/C32H39ClN2O3/c1-6-23(2)34-31(37)28(20-24-13-8-7-9-14-24)35(21-25-15-12-16-26(33)19-25)30(36)22-38-29-18-11-10-17-27(29)32(3,4)5/h7-19,23,28H,6,20-22H2,1-5H3,(H,34,37)/t23-,28-/m0/s1. The first-order chi connectivity index (χ1) is 18.1. The van der Waals surface area contributed by atoms with Gasteiger partial charge in [0.2, 0.25) is 5.91 Å². The van der Waals surface area contributed by atoms with Crippen molar-refractivity contribution in [3.8, 4) is 5.75 Å². The minimum absolute atomic E-state index is 0.0150. The van der Waals surface area contributed by atoms with Gasteiger partial charge in [0, 0.05) is 24.0 Å². The highest BCUT2D eigenvalue weighted by Gasteiger charge is 2.31. The molecule has 6 heteroatoms. The fourth-order valence-electron chi connectivity index (χ4n) is 4.26. The molecule has 0 aliphatic heterocycles. The highest BCUT2D eigenvalue weighted by molar-refractivity contribution is 6.30. The third kappa shape index (κ3) is 8.35. The highest BCUT2D eigenvalue weighted by atomic mass is 35.5. The zero-order valence-corrected chi connectivity index (χ0v) is 23.8. The molecule has 3 aromatic rings. The third-order valence-electron chi connectivity index (χ3n) is 6.56. The van der Waals surface area contributed by atoms with Crippen LogP contribution in [0, 0.1) is 0 Å². The third-order valence-corrected chi connectivity index (χ3v) is 6.80. The van der Waals surface area contributed by atoms with E-state index < -0.39 is 6.04 Å². The number of para-hydroxylation sites is 1. The first-order valence-electron chi connectivity index (χ1n) is 13.2. The quantitative estimate of drug-likeness (QED) is 0.302. The number of carbonyl (C=O) groups excluding carboxylic acids is 2. The molecule has 38 heavy (non-hydrogen) atoms. The Kier molecular flexibility index (Phi) is 10.4. The van der Waals surface area contributed by atoms with Crippen molar-refractivity contribution in [2.45, 2.75) is 71.5 Å². The molecule has 0 bridgehead atoms. The number of amides is 2. The van der Waals surface area contributed by atoms with Gasteiger partial charge < -0.3 is 15.0 Å². The van der Waals surface area contributed by atoms with Gasteiger partial charge in [-0.1, -0.05) is 100.0 Å². The summed E-state index contributed by atoms with van der Waals surface area (Å²) in [4.78, 5) is 29.1. The summed E-state index contributed by atoms with van der Waals surface area (Å²) in [7, 11) is 0. The summed E-state index contributed by atoms with van der Waals surface area (Å²) in [5.41, 5.74) is 2.69. The maximum Gasteiger partial charge on any atom is 0.261 e. The number of rotatable bonds is 11. The van der Waals surface area contributed by atoms with Crippen LogP contribution in [0.25, 0.3) is 0 Å². The number of ether oxygens (including phenoxy) is 1. The van der Waals surface area contributed by atoms with E-state index in [1.165, 1.54) is 0 Å². The van der Waals surface area contributed by atoms with E-state index in [-0.39, 0.29) is 36.4 Å². The van der Waals surface area contributed by atoms with Gasteiger partial charge >= 0.3 is 0 Å². The molecule has 0 spiro atoms. The Hall–Kier alpha value is -3.31. The molecular weight excluding hydrogens is 496 g/mol. The van der Waals surface area contributed by atoms with E-state index in [0.29, 0.717) is 17.2 Å². The molecule has 0 saturated carbocycles. The van der Waals surface area contributed by atoms with Crippen LogP contribution in [-0.4, -0.2) is 35.4 Å². The number of nitrogens with one attached hydrogen (secondary N) is 1.